The van der Waals surface area contributed by atoms with Gasteiger partial charge in [-0.1, -0.05) is 0 Å². The maximum atomic E-state index is 11.8. The van der Waals surface area contributed by atoms with Crippen LogP contribution < -0.4 is 16.2 Å². The molecule has 0 fully saturated rings. The SMILES string of the molecule is C#CCC(N)C(=O)Nc1cc(S(N)(=O)=O)cc(C)c1C. The average molecular weight is 295 g/mol. The number of aryl methyl sites for hydroxylation is 1. The molecule has 1 rings (SSSR count). The number of carbonyl (C=O) groups excluding carboxylic acids is 1. The molecule has 0 aromatic heterocycles. The fraction of sp³-hybridized carbons (Fsp3) is 0.308. The van der Waals surface area contributed by atoms with Gasteiger partial charge >= 0.3 is 0 Å². The maximum absolute atomic E-state index is 11.8. The zero-order chi connectivity index (χ0) is 15.5. The average Bonchev–Trinajstić information content (AvgIpc) is 2.33. The molecule has 1 amide bonds. The minimum Gasteiger partial charge on any atom is -0.324 e. The molecule has 0 spiro atoms. The predicted octanol–water partition coefficient (Wildman–Crippen LogP) is 0.240. The lowest BCUT2D eigenvalue weighted by Gasteiger charge is -2.14. The summed E-state index contributed by atoms with van der Waals surface area (Å²) in [5.41, 5.74) is 7.37. The van der Waals surface area contributed by atoms with Gasteiger partial charge in [-0.15, -0.1) is 12.3 Å². The van der Waals surface area contributed by atoms with Gasteiger partial charge in [0, 0.05) is 12.1 Å². The van der Waals surface area contributed by atoms with Crippen molar-refractivity contribution in [1.82, 2.24) is 0 Å². The van der Waals surface area contributed by atoms with Crippen LogP contribution in [0.4, 0.5) is 5.69 Å². The van der Waals surface area contributed by atoms with E-state index >= 15 is 0 Å². The van der Waals surface area contributed by atoms with E-state index in [0.29, 0.717) is 11.3 Å². The van der Waals surface area contributed by atoms with Crippen molar-refractivity contribution >= 4 is 21.6 Å². The summed E-state index contributed by atoms with van der Waals surface area (Å²) in [6.45, 7) is 3.48. The molecule has 0 aliphatic carbocycles. The normalized spacial score (nSPS) is 12.6. The van der Waals surface area contributed by atoms with Crippen LogP contribution in [0.25, 0.3) is 0 Å². The number of sulfonamides is 1. The first-order valence-electron chi connectivity index (χ1n) is 5.80. The van der Waals surface area contributed by atoms with E-state index in [4.69, 9.17) is 17.3 Å². The van der Waals surface area contributed by atoms with Gasteiger partial charge in [-0.25, -0.2) is 13.6 Å². The van der Waals surface area contributed by atoms with Crippen LogP contribution >= 0.6 is 0 Å². The van der Waals surface area contributed by atoms with E-state index in [1.54, 1.807) is 13.8 Å². The molecule has 0 bridgehead atoms. The Morgan fingerprint density at radius 2 is 2.05 bits per heavy atom. The molecule has 0 saturated carbocycles. The quantitative estimate of drug-likeness (QED) is 0.690. The van der Waals surface area contributed by atoms with Crippen LogP contribution in [-0.2, 0) is 14.8 Å². The number of benzene rings is 1. The summed E-state index contributed by atoms with van der Waals surface area (Å²) in [6, 6.07) is 1.90. The monoisotopic (exact) mass is 295 g/mol. The first-order chi connectivity index (χ1) is 9.16. The van der Waals surface area contributed by atoms with Crippen molar-refractivity contribution in [3.05, 3.63) is 23.3 Å². The summed E-state index contributed by atoms with van der Waals surface area (Å²) in [7, 11) is -3.85. The topological polar surface area (TPSA) is 115 Å². The molecule has 1 aromatic rings. The lowest BCUT2D eigenvalue weighted by molar-refractivity contribution is -0.117. The van der Waals surface area contributed by atoms with Crippen molar-refractivity contribution in [2.45, 2.75) is 31.2 Å². The van der Waals surface area contributed by atoms with Gasteiger partial charge in [-0.05, 0) is 37.1 Å². The summed E-state index contributed by atoms with van der Waals surface area (Å²) in [5.74, 6) is 1.82. The zero-order valence-corrected chi connectivity index (χ0v) is 12.1. The highest BCUT2D eigenvalue weighted by Crippen LogP contribution is 2.23. The Morgan fingerprint density at radius 3 is 2.55 bits per heavy atom. The number of nitrogens with one attached hydrogen (secondary N) is 1. The molecular formula is C13H17N3O3S. The van der Waals surface area contributed by atoms with Crippen molar-refractivity contribution in [3.63, 3.8) is 0 Å². The van der Waals surface area contributed by atoms with Crippen molar-refractivity contribution in [1.29, 1.82) is 0 Å². The molecule has 108 valence electrons. The second kappa shape index (κ2) is 6.05. The van der Waals surface area contributed by atoms with E-state index < -0.39 is 22.0 Å². The van der Waals surface area contributed by atoms with Gasteiger partial charge in [-0.3, -0.25) is 4.79 Å². The van der Waals surface area contributed by atoms with E-state index in [9.17, 15) is 13.2 Å². The van der Waals surface area contributed by atoms with Crippen LogP contribution in [0.3, 0.4) is 0 Å². The van der Waals surface area contributed by atoms with Crippen LogP contribution in [0.5, 0.6) is 0 Å². The molecule has 1 aromatic carbocycles. The number of rotatable bonds is 4. The summed E-state index contributed by atoms with van der Waals surface area (Å²) >= 11 is 0. The van der Waals surface area contributed by atoms with Crippen molar-refractivity contribution in [3.8, 4) is 12.3 Å². The molecule has 1 atom stereocenters. The van der Waals surface area contributed by atoms with E-state index in [2.05, 4.69) is 11.2 Å². The van der Waals surface area contributed by atoms with Crippen LogP contribution in [0.2, 0.25) is 0 Å². The van der Waals surface area contributed by atoms with Crippen molar-refractivity contribution < 1.29 is 13.2 Å². The van der Waals surface area contributed by atoms with E-state index in [1.807, 2.05) is 0 Å². The maximum Gasteiger partial charge on any atom is 0.242 e. The molecule has 0 saturated heterocycles. The van der Waals surface area contributed by atoms with Crippen molar-refractivity contribution in [2.24, 2.45) is 10.9 Å². The number of carbonyl (C=O) groups is 1. The third kappa shape index (κ3) is 3.81. The first-order valence-corrected chi connectivity index (χ1v) is 7.35. The van der Waals surface area contributed by atoms with E-state index in [1.165, 1.54) is 12.1 Å². The number of primary sulfonamides is 1. The molecule has 20 heavy (non-hydrogen) atoms. The van der Waals surface area contributed by atoms with Crippen LogP contribution in [0, 0.1) is 26.2 Å². The summed E-state index contributed by atoms with van der Waals surface area (Å²) in [4.78, 5) is 11.7. The van der Waals surface area contributed by atoms with E-state index in [-0.39, 0.29) is 11.3 Å². The molecule has 0 aliphatic heterocycles. The lowest BCUT2D eigenvalue weighted by atomic mass is 10.1. The Balaban J connectivity index is 3.16. The van der Waals surface area contributed by atoms with Gasteiger partial charge in [0.1, 0.15) is 0 Å². The van der Waals surface area contributed by atoms with Gasteiger partial charge in [0.2, 0.25) is 15.9 Å². The number of terminal acetylenes is 1. The minimum atomic E-state index is -3.85. The lowest BCUT2D eigenvalue weighted by Crippen LogP contribution is -2.35. The Hall–Kier alpha value is -1.88. The second-order valence-electron chi connectivity index (χ2n) is 4.46. The molecule has 5 N–H and O–H groups in total. The molecule has 7 heteroatoms. The predicted molar refractivity (Wildman–Crippen MR) is 77.3 cm³/mol. The standard InChI is InChI=1S/C13H17N3O3S/c1-4-5-11(14)13(17)16-12-7-10(20(15,18)19)6-8(2)9(12)3/h1,6-7,11H,5,14H2,2-3H3,(H,16,17)(H2,15,18,19). The van der Waals surface area contributed by atoms with Crippen molar-refractivity contribution in [2.75, 3.05) is 5.32 Å². The number of amides is 1. The highest BCUT2D eigenvalue weighted by atomic mass is 32.2. The van der Waals surface area contributed by atoms with Gasteiger partial charge in [-0.2, -0.15) is 0 Å². The summed E-state index contributed by atoms with van der Waals surface area (Å²) in [5, 5.41) is 7.66. The molecule has 0 aliphatic rings. The minimum absolute atomic E-state index is 0.0681. The Kier molecular flexibility index (Phi) is 4.89. The fourth-order valence-electron chi connectivity index (χ4n) is 1.57. The third-order valence-corrected chi connectivity index (χ3v) is 3.79. The largest absolute Gasteiger partial charge is 0.324 e. The number of hydrogen-bond acceptors (Lipinski definition) is 4. The molecule has 1 unspecified atom stereocenters. The van der Waals surface area contributed by atoms with Crippen LogP contribution in [0.1, 0.15) is 17.5 Å². The second-order valence-corrected chi connectivity index (χ2v) is 6.02. The van der Waals surface area contributed by atoms with Crippen LogP contribution in [-0.4, -0.2) is 20.4 Å². The fourth-order valence-corrected chi connectivity index (χ4v) is 2.19. The van der Waals surface area contributed by atoms with Gasteiger partial charge in [0.05, 0.1) is 10.9 Å². The Labute approximate surface area is 118 Å². The Bertz CT molecular complexity index is 675. The number of hydrogen-bond donors (Lipinski definition) is 3. The smallest absolute Gasteiger partial charge is 0.242 e. The highest BCUT2D eigenvalue weighted by molar-refractivity contribution is 7.89. The van der Waals surface area contributed by atoms with Gasteiger partial charge < -0.3 is 11.1 Å². The third-order valence-electron chi connectivity index (χ3n) is 2.90. The number of nitrogens with two attached hydrogens (primary N) is 2. The van der Waals surface area contributed by atoms with Gasteiger partial charge in [0.25, 0.3) is 0 Å². The molecule has 0 heterocycles. The summed E-state index contributed by atoms with van der Waals surface area (Å²) < 4.78 is 22.8. The zero-order valence-electron chi connectivity index (χ0n) is 11.3. The van der Waals surface area contributed by atoms with Gasteiger partial charge in [0.15, 0.2) is 0 Å². The van der Waals surface area contributed by atoms with Crippen LogP contribution in [0.15, 0.2) is 17.0 Å². The number of anilines is 1. The van der Waals surface area contributed by atoms with E-state index in [0.717, 1.165) is 5.56 Å². The highest BCUT2D eigenvalue weighted by Gasteiger charge is 2.17. The Morgan fingerprint density at radius 1 is 1.45 bits per heavy atom. The molecule has 6 nitrogen and oxygen atoms in total. The molecular weight excluding hydrogens is 278 g/mol. The summed E-state index contributed by atoms with van der Waals surface area (Å²) in [6.07, 6.45) is 5.19. The molecule has 0 radical (unpaired) electrons. The first kappa shape index (κ1) is 16.2.